The molecule has 5 nitrogen and oxygen atoms in total. The first-order chi connectivity index (χ1) is 10.4. The van der Waals surface area contributed by atoms with Gasteiger partial charge in [0.1, 0.15) is 0 Å². The molecule has 2 atom stereocenters. The van der Waals surface area contributed by atoms with E-state index in [1.807, 2.05) is 30.3 Å². The van der Waals surface area contributed by atoms with Crippen molar-refractivity contribution in [3.8, 4) is 11.8 Å². The summed E-state index contributed by atoms with van der Waals surface area (Å²) in [5, 5.41) is 2.18. The zero-order chi connectivity index (χ0) is 16.2. The Morgan fingerprint density at radius 3 is 2.68 bits per heavy atom. The molecule has 6 heteroatoms. The summed E-state index contributed by atoms with van der Waals surface area (Å²) in [4.78, 5) is 13.7. The van der Waals surface area contributed by atoms with E-state index < -0.39 is 15.1 Å². The highest BCUT2D eigenvalue weighted by Crippen LogP contribution is 2.19. The minimum Gasteiger partial charge on any atom is -0.327 e. The van der Waals surface area contributed by atoms with E-state index >= 15 is 0 Å². The average Bonchev–Trinajstić information content (AvgIpc) is 2.50. The van der Waals surface area contributed by atoms with Crippen LogP contribution >= 0.6 is 0 Å². The first-order valence-electron chi connectivity index (χ1n) is 7.22. The Morgan fingerprint density at radius 2 is 2.00 bits per heavy atom. The molecule has 118 valence electrons. The lowest BCUT2D eigenvalue weighted by atomic mass is 10.2. The van der Waals surface area contributed by atoms with Gasteiger partial charge in [0.05, 0.1) is 17.5 Å². The van der Waals surface area contributed by atoms with Gasteiger partial charge in [0.2, 0.25) is 0 Å². The number of sulfone groups is 1. The minimum absolute atomic E-state index is 0.0155. The van der Waals surface area contributed by atoms with Gasteiger partial charge in [0.15, 0.2) is 9.84 Å². The van der Waals surface area contributed by atoms with E-state index in [2.05, 4.69) is 17.2 Å². The van der Waals surface area contributed by atoms with E-state index in [4.69, 9.17) is 0 Å². The molecule has 0 aromatic heterocycles. The van der Waals surface area contributed by atoms with Gasteiger partial charge in [-0.05, 0) is 26.0 Å². The van der Waals surface area contributed by atoms with Crippen LogP contribution in [0.15, 0.2) is 30.3 Å². The van der Waals surface area contributed by atoms with Crippen molar-refractivity contribution in [1.82, 2.24) is 10.2 Å². The molecule has 2 amide bonds. The summed E-state index contributed by atoms with van der Waals surface area (Å²) in [5.41, 5.74) is 0.891. The molecule has 0 saturated carbocycles. The lowest BCUT2D eigenvalue weighted by Crippen LogP contribution is -2.56. The summed E-state index contributed by atoms with van der Waals surface area (Å²) in [7, 11) is -3.09. The molecule has 1 aliphatic heterocycles. The summed E-state index contributed by atoms with van der Waals surface area (Å²) in [5.74, 6) is 5.86. The van der Waals surface area contributed by atoms with Crippen molar-refractivity contribution < 1.29 is 13.2 Å². The van der Waals surface area contributed by atoms with Crippen molar-refractivity contribution in [2.75, 3.05) is 18.8 Å². The third-order valence-electron chi connectivity index (χ3n) is 3.95. The van der Waals surface area contributed by atoms with Crippen molar-refractivity contribution in [2.45, 2.75) is 25.1 Å². The lowest BCUT2D eigenvalue weighted by molar-refractivity contribution is 0.179. The highest BCUT2D eigenvalue weighted by atomic mass is 32.2. The van der Waals surface area contributed by atoms with Crippen LogP contribution in [0.2, 0.25) is 0 Å². The number of nitrogens with zero attached hydrogens (tertiary/aromatic N) is 1. The van der Waals surface area contributed by atoms with Gasteiger partial charge in [-0.3, -0.25) is 0 Å². The molecular weight excluding hydrogens is 300 g/mol. The molecule has 0 radical (unpaired) electrons. The minimum atomic E-state index is -3.09. The van der Waals surface area contributed by atoms with Crippen LogP contribution in [-0.4, -0.2) is 49.5 Å². The van der Waals surface area contributed by atoms with Gasteiger partial charge in [0, 0.05) is 18.2 Å². The van der Waals surface area contributed by atoms with Crippen LogP contribution in [-0.2, 0) is 9.84 Å². The molecule has 1 saturated heterocycles. The summed E-state index contributed by atoms with van der Waals surface area (Å²) in [6, 6.07) is 8.92. The molecule has 2 rings (SSSR count). The largest absolute Gasteiger partial charge is 0.327 e. The number of carbonyl (C=O) groups excluding carboxylic acids is 1. The lowest BCUT2D eigenvalue weighted by Gasteiger charge is -2.37. The molecule has 1 N–H and O–H groups in total. The average molecular weight is 320 g/mol. The van der Waals surface area contributed by atoms with Gasteiger partial charge in [-0.25, -0.2) is 13.2 Å². The Hall–Kier alpha value is -2.00. The standard InChI is InChI=1S/C16H20N2O3S/c1-13-14(2)22(20,21)12-11-18(13)16(19)17-10-6-9-15-7-4-3-5-8-15/h3-5,7-8,13-14H,10-12H2,1-2H3,(H,17,19)/t13-,14-/m0/s1. The SMILES string of the molecule is C[C@H]1[C@H](C)S(=O)(=O)CCN1C(=O)NCC#Cc1ccccc1. The topological polar surface area (TPSA) is 66.5 Å². The third kappa shape index (κ3) is 3.80. The summed E-state index contributed by atoms with van der Waals surface area (Å²) < 4.78 is 23.6. The zero-order valence-corrected chi connectivity index (χ0v) is 13.6. The molecule has 1 aromatic carbocycles. The fourth-order valence-electron chi connectivity index (χ4n) is 2.34. The molecule has 1 aromatic rings. The normalized spacial score (nSPS) is 23.3. The zero-order valence-electron chi connectivity index (χ0n) is 12.7. The summed E-state index contributed by atoms with van der Waals surface area (Å²) in [6.45, 7) is 3.87. The second kappa shape index (κ2) is 6.84. The van der Waals surface area contributed by atoms with Crippen molar-refractivity contribution in [3.63, 3.8) is 0 Å². The number of hydrogen-bond donors (Lipinski definition) is 1. The Morgan fingerprint density at radius 1 is 1.32 bits per heavy atom. The van der Waals surface area contributed by atoms with Crippen molar-refractivity contribution in [1.29, 1.82) is 0 Å². The molecule has 0 unspecified atom stereocenters. The number of hydrogen-bond acceptors (Lipinski definition) is 3. The quantitative estimate of drug-likeness (QED) is 0.792. The van der Waals surface area contributed by atoms with Crippen molar-refractivity contribution in [2.24, 2.45) is 0 Å². The Labute approximate surface area is 131 Å². The van der Waals surface area contributed by atoms with Crippen LogP contribution in [0, 0.1) is 11.8 Å². The monoisotopic (exact) mass is 320 g/mol. The molecule has 0 spiro atoms. The highest BCUT2D eigenvalue weighted by molar-refractivity contribution is 7.92. The first-order valence-corrected chi connectivity index (χ1v) is 8.93. The van der Waals surface area contributed by atoms with Crippen LogP contribution in [0.4, 0.5) is 4.79 Å². The second-order valence-corrected chi connectivity index (χ2v) is 7.81. The number of carbonyl (C=O) groups is 1. The van der Waals surface area contributed by atoms with Gasteiger partial charge in [0.25, 0.3) is 0 Å². The second-order valence-electron chi connectivity index (χ2n) is 5.33. The van der Waals surface area contributed by atoms with E-state index in [1.54, 1.807) is 18.7 Å². The van der Waals surface area contributed by atoms with E-state index in [0.717, 1.165) is 5.56 Å². The third-order valence-corrected chi connectivity index (χ3v) is 6.23. The Balaban J connectivity index is 1.90. The van der Waals surface area contributed by atoms with E-state index in [-0.39, 0.29) is 30.9 Å². The van der Waals surface area contributed by atoms with Crippen molar-refractivity contribution in [3.05, 3.63) is 35.9 Å². The van der Waals surface area contributed by atoms with E-state index in [0.29, 0.717) is 0 Å². The van der Waals surface area contributed by atoms with Crippen LogP contribution in [0.5, 0.6) is 0 Å². The van der Waals surface area contributed by atoms with E-state index in [9.17, 15) is 13.2 Å². The van der Waals surface area contributed by atoms with Crippen molar-refractivity contribution >= 4 is 15.9 Å². The first kappa shape index (κ1) is 16.4. The van der Waals surface area contributed by atoms with Crippen LogP contribution in [0.25, 0.3) is 0 Å². The fourth-order valence-corrected chi connectivity index (χ4v) is 3.91. The molecular formula is C16H20N2O3S. The number of benzene rings is 1. The maximum Gasteiger partial charge on any atom is 0.318 e. The highest BCUT2D eigenvalue weighted by Gasteiger charge is 2.37. The van der Waals surface area contributed by atoms with Gasteiger partial charge < -0.3 is 10.2 Å². The van der Waals surface area contributed by atoms with Crippen LogP contribution < -0.4 is 5.32 Å². The number of nitrogens with one attached hydrogen (secondary N) is 1. The summed E-state index contributed by atoms with van der Waals surface area (Å²) in [6.07, 6.45) is 0. The van der Waals surface area contributed by atoms with Crippen LogP contribution in [0.3, 0.4) is 0 Å². The van der Waals surface area contributed by atoms with Gasteiger partial charge in [-0.1, -0.05) is 30.0 Å². The molecule has 1 aliphatic rings. The molecule has 0 aliphatic carbocycles. The number of urea groups is 1. The summed E-state index contributed by atoms with van der Waals surface area (Å²) >= 11 is 0. The molecule has 1 fully saturated rings. The van der Waals surface area contributed by atoms with Crippen LogP contribution in [0.1, 0.15) is 19.4 Å². The maximum atomic E-state index is 12.1. The van der Waals surface area contributed by atoms with Gasteiger partial charge in [-0.2, -0.15) is 0 Å². The number of amides is 2. The Kier molecular flexibility index (Phi) is 5.09. The molecule has 0 bridgehead atoms. The predicted octanol–water partition coefficient (Wildman–Crippen LogP) is 1.26. The van der Waals surface area contributed by atoms with E-state index in [1.165, 1.54) is 0 Å². The van der Waals surface area contributed by atoms with Gasteiger partial charge in [-0.15, -0.1) is 0 Å². The fraction of sp³-hybridized carbons (Fsp3) is 0.438. The molecule has 22 heavy (non-hydrogen) atoms. The Bertz CT molecular complexity index is 689. The smallest absolute Gasteiger partial charge is 0.318 e. The molecule has 1 heterocycles. The number of rotatable bonds is 1. The van der Waals surface area contributed by atoms with Gasteiger partial charge >= 0.3 is 6.03 Å². The predicted molar refractivity (Wildman–Crippen MR) is 86.1 cm³/mol. The maximum absolute atomic E-state index is 12.1.